The third-order valence-corrected chi connectivity index (χ3v) is 3.25. The van der Waals surface area contributed by atoms with Gasteiger partial charge in [0.2, 0.25) is 0 Å². The summed E-state index contributed by atoms with van der Waals surface area (Å²) >= 11 is 0. The van der Waals surface area contributed by atoms with Crippen LogP contribution in [-0.2, 0) is 4.74 Å². The van der Waals surface area contributed by atoms with Crippen LogP contribution in [0, 0.1) is 0 Å². The summed E-state index contributed by atoms with van der Waals surface area (Å²) in [7, 11) is 3.24. The van der Waals surface area contributed by atoms with Gasteiger partial charge in [-0.2, -0.15) is 0 Å². The summed E-state index contributed by atoms with van der Waals surface area (Å²) in [5.74, 6) is 0.630. The van der Waals surface area contributed by atoms with Gasteiger partial charge in [-0.05, 0) is 18.2 Å². The summed E-state index contributed by atoms with van der Waals surface area (Å²) in [6, 6.07) is 16.7. The van der Waals surface area contributed by atoms with Gasteiger partial charge >= 0.3 is 0 Å². The molecule has 110 valence electrons. The van der Waals surface area contributed by atoms with Crippen molar-refractivity contribution >= 4 is 5.91 Å². The first-order valence-electron chi connectivity index (χ1n) is 6.75. The van der Waals surface area contributed by atoms with Crippen molar-refractivity contribution in [2.45, 2.75) is 6.10 Å². The number of benzene rings is 2. The number of carbonyl (C=O) groups is 1. The minimum Gasteiger partial charge on any atom is -0.496 e. The summed E-state index contributed by atoms with van der Waals surface area (Å²) in [5, 5.41) is 2.88. The molecule has 21 heavy (non-hydrogen) atoms. The van der Waals surface area contributed by atoms with Crippen molar-refractivity contribution in [1.82, 2.24) is 5.32 Å². The fraction of sp³-hybridized carbons (Fsp3) is 0.235. The van der Waals surface area contributed by atoms with E-state index in [2.05, 4.69) is 5.32 Å². The number of amides is 1. The Morgan fingerprint density at radius 1 is 1.05 bits per heavy atom. The smallest absolute Gasteiger partial charge is 0.251 e. The predicted octanol–water partition coefficient (Wildman–Crippen LogP) is 2.81. The summed E-state index contributed by atoms with van der Waals surface area (Å²) in [6.07, 6.45) is -0.256. The normalized spacial score (nSPS) is 11.7. The molecule has 4 heteroatoms. The molecule has 4 nitrogen and oxygen atoms in total. The number of nitrogens with one attached hydrogen (secondary N) is 1. The maximum absolute atomic E-state index is 12.1. The van der Waals surface area contributed by atoms with Gasteiger partial charge in [0, 0.05) is 24.8 Å². The van der Waals surface area contributed by atoms with E-state index in [4.69, 9.17) is 9.47 Å². The first kappa shape index (κ1) is 15.1. The standard InChI is InChI=1S/C17H19NO3/c1-20-15-11-7-6-10-14(15)16(21-2)12-18-17(19)13-8-4-3-5-9-13/h3-11,16H,12H2,1-2H3,(H,18,19). The number of hydrogen-bond donors (Lipinski definition) is 1. The molecule has 0 aromatic heterocycles. The fourth-order valence-electron chi connectivity index (χ4n) is 2.13. The van der Waals surface area contributed by atoms with Crippen molar-refractivity contribution in [3.05, 3.63) is 65.7 Å². The monoisotopic (exact) mass is 285 g/mol. The van der Waals surface area contributed by atoms with Gasteiger partial charge in [-0.15, -0.1) is 0 Å². The van der Waals surface area contributed by atoms with E-state index in [-0.39, 0.29) is 12.0 Å². The zero-order chi connectivity index (χ0) is 15.1. The molecule has 1 unspecified atom stereocenters. The SMILES string of the molecule is COc1ccccc1C(CNC(=O)c1ccccc1)OC. The van der Waals surface area contributed by atoms with Crippen LogP contribution in [0.1, 0.15) is 22.0 Å². The zero-order valence-corrected chi connectivity index (χ0v) is 12.2. The Balaban J connectivity index is 2.05. The number of methoxy groups -OCH3 is 2. The highest BCUT2D eigenvalue weighted by Gasteiger charge is 2.16. The maximum Gasteiger partial charge on any atom is 0.251 e. The molecule has 1 N–H and O–H groups in total. The largest absolute Gasteiger partial charge is 0.496 e. The van der Waals surface area contributed by atoms with E-state index < -0.39 is 0 Å². The summed E-state index contributed by atoms with van der Waals surface area (Å²) in [6.45, 7) is 0.380. The number of rotatable bonds is 6. The molecule has 0 bridgehead atoms. The van der Waals surface area contributed by atoms with Crippen LogP contribution in [0.3, 0.4) is 0 Å². The molecule has 0 aliphatic heterocycles. The van der Waals surface area contributed by atoms with Crippen molar-refractivity contribution in [1.29, 1.82) is 0 Å². The zero-order valence-electron chi connectivity index (χ0n) is 12.2. The lowest BCUT2D eigenvalue weighted by Crippen LogP contribution is -2.29. The Kier molecular flexibility index (Phi) is 5.35. The number of para-hydroxylation sites is 1. The van der Waals surface area contributed by atoms with Crippen LogP contribution in [-0.4, -0.2) is 26.7 Å². The molecule has 0 fully saturated rings. The number of carbonyl (C=O) groups excluding carboxylic acids is 1. The molecule has 0 aliphatic rings. The van der Waals surface area contributed by atoms with Gasteiger partial charge in [-0.25, -0.2) is 0 Å². The highest BCUT2D eigenvalue weighted by Crippen LogP contribution is 2.26. The molecule has 2 aromatic carbocycles. The van der Waals surface area contributed by atoms with Gasteiger partial charge in [0.25, 0.3) is 5.91 Å². The van der Waals surface area contributed by atoms with Crippen molar-refractivity contribution in [3.8, 4) is 5.75 Å². The molecule has 0 saturated heterocycles. The van der Waals surface area contributed by atoms with Crippen LogP contribution in [0.2, 0.25) is 0 Å². The van der Waals surface area contributed by atoms with Gasteiger partial charge in [-0.1, -0.05) is 36.4 Å². The Morgan fingerprint density at radius 3 is 2.38 bits per heavy atom. The summed E-state index contributed by atoms with van der Waals surface area (Å²) in [5.41, 5.74) is 1.54. The van der Waals surface area contributed by atoms with Gasteiger partial charge in [-0.3, -0.25) is 4.79 Å². The Bertz CT molecular complexity index is 584. The molecule has 2 rings (SSSR count). The average molecular weight is 285 g/mol. The van der Waals surface area contributed by atoms with Crippen LogP contribution in [0.5, 0.6) is 5.75 Å². The van der Waals surface area contributed by atoms with Crippen molar-refractivity contribution < 1.29 is 14.3 Å². The second kappa shape index (κ2) is 7.45. The lowest BCUT2D eigenvalue weighted by Gasteiger charge is -2.19. The maximum atomic E-state index is 12.1. The molecule has 0 radical (unpaired) electrons. The predicted molar refractivity (Wildman–Crippen MR) is 81.5 cm³/mol. The molecular formula is C17H19NO3. The molecule has 0 heterocycles. The topological polar surface area (TPSA) is 47.6 Å². The van der Waals surface area contributed by atoms with Crippen molar-refractivity contribution in [3.63, 3.8) is 0 Å². The molecule has 0 spiro atoms. The fourth-order valence-corrected chi connectivity index (χ4v) is 2.13. The van der Waals surface area contributed by atoms with E-state index in [9.17, 15) is 4.79 Å². The third-order valence-electron chi connectivity index (χ3n) is 3.25. The van der Waals surface area contributed by atoms with Crippen LogP contribution in [0.25, 0.3) is 0 Å². The van der Waals surface area contributed by atoms with E-state index in [1.165, 1.54) is 0 Å². The molecule has 0 aliphatic carbocycles. The molecule has 2 aromatic rings. The Morgan fingerprint density at radius 2 is 1.71 bits per heavy atom. The van der Waals surface area contributed by atoms with Crippen LogP contribution in [0.15, 0.2) is 54.6 Å². The number of hydrogen-bond acceptors (Lipinski definition) is 3. The second-order valence-electron chi connectivity index (χ2n) is 4.54. The van der Waals surface area contributed by atoms with Crippen molar-refractivity contribution in [2.75, 3.05) is 20.8 Å². The third kappa shape index (κ3) is 3.83. The number of ether oxygens (including phenoxy) is 2. The van der Waals surface area contributed by atoms with Crippen LogP contribution < -0.4 is 10.1 Å². The van der Waals surface area contributed by atoms with Crippen molar-refractivity contribution in [2.24, 2.45) is 0 Å². The van der Waals surface area contributed by atoms with Gasteiger partial charge < -0.3 is 14.8 Å². The summed E-state index contributed by atoms with van der Waals surface area (Å²) in [4.78, 5) is 12.1. The van der Waals surface area contributed by atoms with E-state index >= 15 is 0 Å². The van der Waals surface area contributed by atoms with Crippen LogP contribution >= 0.6 is 0 Å². The van der Waals surface area contributed by atoms with E-state index in [0.29, 0.717) is 12.1 Å². The Labute approximate surface area is 124 Å². The highest BCUT2D eigenvalue weighted by atomic mass is 16.5. The van der Waals surface area contributed by atoms with E-state index in [0.717, 1.165) is 11.3 Å². The molecular weight excluding hydrogens is 266 g/mol. The average Bonchev–Trinajstić information content (AvgIpc) is 2.56. The van der Waals surface area contributed by atoms with Gasteiger partial charge in [0.15, 0.2) is 0 Å². The first-order valence-corrected chi connectivity index (χ1v) is 6.75. The molecule has 1 amide bonds. The van der Waals surface area contributed by atoms with Gasteiger partial charge in [0.05, 0.1) is 7.11 Å². The van der Waals surface area contributed by atoms with Gasteiger partial charge in [0.1, 0.15) is 11.9 Å². The minimum absolute atomic E-state index is 0.118. The van der Waals surface area contributed by atoms with E-state index in [1.807, 2.05) is 42.5 Å². The minimum atomic E-state index is -0.256. The molecule has 1 atom stereocenters. The lowest BCUT2D eigenvalue weighted by atomic mass is 10.1. The molecule has 0 saturated carbocycles. The quantitative estimate of drug-likeness (QED) is 0.887. The summed E-state index contributed by atoms with van der Waals surface area (Å²) < 4.78 is 10.8. The lowest BCUT2D eigenvalue weighted by molar-refractivity contribution is 0.0819. The highest BCUT2D eigenvalue weighted by molar-refractivity contribution is 5.94. The van der Waals surface area contributed by atoms with E-state index in [1.54, 1.807) is 26.4 Å². The first-order chi connectivity index (χ1) is 10.3. The van der Waals surface area contributed by atoms with Crippen LogP contribution in [0.4, 0.5) is 0 Å². The Hall–Kier alpha value is -2.33. The second-order valence-corrected chi connectivity index (χ2v) is 4.54.